The van der Waals surface area contributed by atoms with Crippen molar-refractivity contribution in [1.29, 1.82) is 0 Å². The van der Waals surface area contributed by atoms with Gasteiger partial charge in [0, 0.05) is 13.7 Å². The number of hydrogen-bond acceptors (Lipinski definition) is 4. The molecule has 0 spiro atoms. The minimum absolute atomic E-state index is 0.0856. The van der Waals surface area contributed by atoms with Crippen LogP contribution in [0, 0.1) is 0 Å². The van der Waals surface area contributed by atoms with Gasteiger partial charge in [0.25, 0.3) is 0 Å². The molecule has 1 amide bonds. The fraction of sp³-hybridized carbons (Fsp3) is 0.900. The number of nitrogens with two attached hydrogens (primary N) is 1. The zero-order chi connectivity index (χ0) is 11.6. The Morgan fingerprint density at radius 2 is 2.00 bits per heavy atom. The van der Waals surface area contributed by atoms with Gasteiger partial charge < -0.3 is 20.1 Å². The summed E-state index contributed by atoms with van der Waals surface area (Å²) in [5, 5.41) is 0. The predicted octanol–water partition coefficient (Wildman–Crippen LogP) is 0.579. The zero-order valence-corrected chi connectivity index (χ0v) is 9.82. The molecule has 88 valence electrons. The Morgan fingerprint density at radius 3 is 2.40 bits per heavy atom. The number of carbonyl (C=O) groups is 1. The molecular formula is C10H20N2O3. The molecule has 0 unspecified atom stereocenters. The first-order chi connectivity index (χ1) is 6.83. The van der Waals surface area contributed by atoms with Gasteiger partial charge in [-0.3, -0.25) is 0 Å². The Labute approximate surface area is 90.5 Å². The van der Waals surface area contributed by atoms with E-state index in [2.05, 4.69) is 0 Å². The summed E-state index contributed by atoms with van der Waals surface area (Å²) >= 11 is 0. The minimum atomic E-state index is -0.466. The highest BCUT2D eigenvalue weighted by Gasteiger charge is 2.35. The molecule has 2 N–H and O–H groups in total. The predicted molar refractivity (Wildman–Crippen MR) is 56.6 cm³/mol. The summed E-state index contributed by atoms with van der Waals surface area (Å²) in [5.74, 6) is 0. The lowest BCUT2D eigenvalue weighted by Gasteiger charge is -2.24. The largest absolute Gasteiger partial charge is 0.444 e. The molecular weight excluding hydrogens is 196 g/mol. The molecule has 1 saturated heterocycles. The van der Waals surface area contributed by atoms with Crippen LogP contribution in [-0.2, 0) is 9.47 Å². The highest BCUT2D eigenvalue weighted by Crippen LogP contribution is 2.16. The van der Waals surface area contributed by atoms with E-state index in [1.54, 1.807) is 12.0 Å². The molecule has 0 aromatic carbocycles. The van der Waals surface area contributed by atoms with Gasteiger partial charge in [-0.2, -0.15) is 0 Å². The van der Waals surface area contributed by atoms with Crippen molar-refractivity contribution in [3.05, 3.63) is 0 Å². The van der Waals surface area contributed by atoms with Crippen LogP contribution in [0.1, 0.15) is 20.8 Å². The molecule has 5 heteroatoms. The van der Waals surface area contributed by atoms with Crippen molar-refractivity contribution in [3.63, 3.8) is 0 Å². The van der Waals surface area contributed by atoms with Crippen molar-refractivity contribution in [2.75, 3.05) is 20.2 Å². The summed E-state index contributed by atoms with van der Waals surface area (Å²) < 4.78 is 10.4. The molecule has 0 aliphatic carbocycles. The standard InChI is InChI=1S/C10H20N2O3/c1-10(2,3)15-9(13)12-5-7(11)8(6-12)14-4/h7-8H,5-6,11H2,1-4H3/t7-,8-/m1/s1. The van der Waals surface area contributed by atoms with Crippen LogP contribution in [0.4, 0.5) is 4.79 Å². The fourth-order valence-corrected chi connectivity index (χ4v) is 1.52. The van der Waals surface area contributed by atoms with Gasteiger partial charge in [-0.1, -0.05) is 0 Å². The number of carbonyl (C=O) groups excluding carboxylic acids is 1. The van der Waals surface area contributed by atoms with Crippen LogP contribution in [0.5, 0.6) is 0 Å². The molecule has 1 rings (SSSR count). The summed E-state index contributed by atoms with van der Waals surface area (Å²) in [6.07, 6.45) is -0.407. The highest BCUT2D eigenvalue weighted by atomic mass is 16.6. The van der Waals surface area contributed by atoms with E-state index in [0.29, 0.717) is 13.1 Å². The lowest BCUT2D eigenvalue weighted by molar-refractivity contribution is 0.0252. The van der Waals surface area contributed by atoms with Crippen LogP contribution in [0.3, 0.4) is 0 Å². The van der Waals surface area contributed by atoms with Crippen LogP contribution < -0.4 is 5.73 Å². The van der Waals surface area contributed by atoms with E-state index in [9.17, 15) is 4.79 Å². The first-order valence-corrected chi connectivity index (χ1v) is 5.10. The summed E-state index contributed by atoms with van der Waals surface area (Å²) in [6.45, 7) is 6.53. The van der Waals surface area contributed by atoms with Gasteiger partial charge in [0.2, 0.25) is 0 Å². The van der Waals surface area contributed by atoms with E-state index in [1.165, 1.54) is 0 Å². The van der Waals surface area contributed by atoms with E-state index in [1.807, 2.05) is 20.8 Å². The molecule has 1 aliphatic heterocycles. The average Bonchev–Trinajstić information content (AvgIpc) is 2.43. The third-order valence-corrected chi connectivity index (χ3v) is 2.26. The SMILES string of the molecule is CO[C@@H]1CN(C(=O)OC(C)(C)C)C[C@H]1N. The summed E-state index contributed by atoms with van der Waals surface area (Å²) in [4.78, 5) is 13.2. The number of ether oxygens (including phenoxy) is 2. The summed E-state index contributed by atoms with van der Waals surface area (Å²) in [6, 6.07) is -0.123. The van der Waals surface area contributed by atoms with Crippen LogP contribution in [0.15, 0.2) is 0 Å². The van der Waals surface area contributed by atoms with Crippen molar-refractivity contribution in [2.24, 2.45) is 5.73 Å². The molecule has 15 heavy (non-hydrogen) atoms. The molecule has 5 nitrogen and oxygen atoms in total. The second-order valence-electron chi connectivity index (χ2n) is 4.82. The Bertz CT molecular complexity index is 237. The lowest BCUT2D eigenvalue weighted by atomic mass is 10.2. The number of likely N-dealkylation sites (tertiary alicyclic amines) is 1. The fourth-order valence-electron chi connectivity index (χ4n) is 1.52. The number of amides is 1. The van der Waals surface area contributed by atoms with Crippen molar-refractivity contribution in [1.82, 2.24) is 4.90 Å². The van der Waals surface area contributed by atoms with Crippen LogP contribution >= 0.6 is 0 Å². The molecule has 0 aromatic rings. The van der Waals surface area contributed by atoms with E-state index in [0.717, 1.165) is 0 Å². The molecule has 0 aromatic heterocycles. The van der Waals surface area contributed by atoms with Crippen molar-refractivity contribution in [3.8, 4) is 0 Å². The Balaban J connectivity index is 2.50. The first-order valence-electron chi connectivity index (χ1n) is 5.10. The van der Waals surface area contributed by atoms with Crippen molar-refractivity contribution >= 4 is 6.09 Å². The van der Waals surface area contributed by atoms with Crippen LogP contribution in [0.25, 0.3) is 0 Å². The molecule has 1 fully saturated rings. The monoisotopic (exact) mass is 216 g/mol. The maximum atomic E-state index is 11.7. The van der Waals surface area contributed by atoms with E-state index < -0.39 is 5.60 Å². The molecule has 0 bridgehead atoms. The number of methoxy groups -OCH3 is 1. The smallest absolute Gasteiger partial charge is 0.410 e. The van der Waals surface area contributed by atoms with Crippen molar-refractivity contribution in [2.45, 2.75) is 38.5 Å². The first kappa shape index (κ1) is 12.3. The zero-order valence-electron chi connectivity index (χ0n) is 9.82. The molecule has 2 atom stereocenters. The number of hydrogen-bond donors (Lipinski definition) is 1. The summed E-state index contributed by atoms with van der Waals surface area (Å²) in [7, 11) is 1.60. The third-order valence-electron chi connectivity index (χ3n) is 2.26. The van der Waals surface area contributed by atoms with E-state index in [-0.39, 0.29) is 18.2 Å². The molecule has 1 heterocycles. The van der Waals surface area contributed by atoms with E-state index in [4.69, 9.17) is 15.2 Å². The number of rotatable bonds is 1. The van der Waals surface area contributed by atoms with Gasteiger partial charge in [-0.25, -0.2) is 4.79 Å². The topological polar surface area (TPSA) is 64.8 Å². The normalized spacial score (nSPS) is 26.9. The van der Waals surface area contributed by atoms with Gasteiger partial charge in [0.1, 0.15) is 5.60 Å². The van der Waals surface area contributed by atoms with Gasteiger partial charge in [0.05, 0.1) is 18.7 Å². The quantitative estimate of drug-likeness (QED) is 0.696. The van der Waals surface area contributed by atoms with Crippen LogP contribution in [-0.4, -0.2) is 48.9 Å². The number of nitrogens with zero attached hydrogens (tertiary/aromatic N) is 1. The maximum Gasteiger partial charge on any atom is 0.410 e. The molecule has 0 saturated carbocycles. The van der Waals surface area contributed by atoms with Gasteiger partial charge in [-0.15, -0.1) is 0 Å². The minimum Gasteiger partial charge on any atom is -0.444 e. The van der Waals surface area contributed by atoms with Gasteiger partial charge in [-0.05, 0) is 20.8 Å². The molecule has 1 aliphatic rings. The molecule has 0 radical (unpaired) electrons. The lowest BCUT2D eigenvalue weighted by Crippen LogP contribution is -2.36. The third kappa shape index (κ3) is 3.35. The van der Waals surface area contributed by atoms with Crippen molar-refractivity contribution < 1.29 is 14.3 Å². The van der Waals surface area contributed by atoms with E-state index >= 15 is 0 Å². The van der Waals surface area contributed by atoms with Crippen LogP contribution in [0.2, 0.25) is 0 Å². The van der Waals surface area contributed by atoms with Gasteiger partial charge >= 0.3 is 6.09 Å². The summed E-state index contributed by atoms with van der Waals surface area (Å²) in [5.41, 5.74) is 5.34. The second-order valence-corrected chi connectivity index (χ2v) is 4.82. The Morgan fingerprint density at radius 1 is 1.40 bits per heavy atom. The highest BCUT2D eigenvalue weighted by molar-refractivity contribution is 5.68. The Hall–Kier alpha value is -0.810. The second kappa shape index (κ2) is 4.37. The van der Waals surface area contributed by atoms with Gasteiger partial charge in [0.15, 0.2) is 0 Å². The maximum absolute atomic E-state index is 11.7. The Kier molecular flexibility index (Phi) is 3.57. The average molecular weight is 216 g/mol.